The van der Waals surface area contributed by atoms with E-state index in [9.17, 15) is 18.0 Å². The molecule has 0 saturated heterocycles. The van der Waals surface area contributed by atoms with Gasteiger partial charge in [0, 0.05) is 10.6 Å². The number of halogens is 1. The molecule has 1 N–H and O–H groups in total. The highest BCUT2D eigenvalue weighted by Gasteiger charge is 2.16. The highest BCUT2D eigenvalue weighted by molar-refractivity contribution is 7.89. The van der Waals surface area contributed by atoms with Gasteiger partial charge in [-0.2, -0.15) is 0 Å². The van der Waals surface area contributed by atoms with E-state index in [1.54, 1.807) is 12.1 Å². The fourth-order valence-corrected chi connectivity index (χ4v) is 2.74. The molecule has 2 aromatic carbocycles. The van der Waals surface area contributed by atoms with Crippen molar-refractivity contribution in [3.8, 4) is 0 Å². The lowest BCUT2D eigenvalue weighted by molar-refractivity contribution is 0.0474. The Hall–Kier alpha value is -2.22. The molecule has 0 heterocycles. The van der Waals surface area contributed by atoms with E-state index >= 15 is 0 Å². The number of hydrogen-bond donors (Lipinski definition) is 1. The van der Waals surface area contributed by atoms with E-state index in [1.165, 1.54) is 43.4 Å². The Kier molecular flexibility index (Phi) is 5.71. The number of carbonyl (C=O) groups excluding carboxylic acids is 2. The Morgan fingerprint density at radius 2 is 1.75 bits per heavy atom. The second-order valence-electron chi connectivity index (χ2n) is 4.74. The van der Waals surface area contributed by atoms with Crippen LogP contribution >= 0.6 is 11.6 Å². The molecule has 0 aliphatic rings. The second-order valence-corrected chi connectivity index (χ2v) is 7.06. The van der Waals surface area contributed by atoms with Crippen LogP contribution in [-0.2, 0) is 14.8 Å². The lowest BCUT2D eigenvalue weighted by Crippen LogP contribution is -2.19. The smallest absolute Gasteiger partial charge is 0.338 e. The lowest BCUT2D eigenvalue weighted by atomic mass is 10.1. The number of carbonyl (C=O) groups is 2. The van der Waals surface area contributed by atoms with Crippen molar-refractivity contribution in [2.24, 2.45) is 0 Å². The van der Waals surface area contributed by atoms with Gasteiger partial charge in [-0.25, -0.2) is 17.9 Å². The highest BCUT2D eigenvalue weighted by Crippen LogP contribution is 2.13. The van der Waals surface area contributed by atoms with Crippen LogP contribution in [0.25, 0.3) is 0 Å². The van der Waals surface area contributed by atoms with Gasteiger partial charge in [-0.15, -0.1) is 0 Å². The minimum atomic E-state index is -3.67. The summed E-state index contributed by atoms with van der Waals surface area (Å²) in [7, 11) is -2.40. The van der Waals surface area contributed by atoms with E-state index < -0.39 is 22.6 Å². The van der Waals surface area contributed by atoms with Crippen LogP contribution in [0, 0.1) is 0 Å². The zero-order valence-electron chi connectivity index (χ0n) is 12.7. The average Bonchev–Trinajstić information content (AvgIpc) is 2.60. The summed E-state index contributed by atoms with van der Waals surface area (Å²) in [5, 5.41) is 0.492. The Morgan fingerprint density at radius 3 is 2.38 bits per heavy atom. The number of esters is 1. The number of sulfonamides is 1. The van der Waals surface area contributed by atoms with E-state index in [4.69, 9.17) is 16.3 Å². The van der Waals surface area contributed by atoms with Crippen LogP contribution in [0.5, 0.6) is 0 Å². The molecular formula is C16H14ClNO5S. The molecule has 2 rings (SSSR count). The summed E-state index contributed by atoms with van der Waals surface area (Å²) in [5.41, 5.74) is 0.397. The number of rotatable bonds is 6. The summed E-state index contributed by atoms with van der Waals surface area (Å²) in [6, 6.07) is 11.5. The van der Waals surface area contributed by atoms with Gasteiger partial charge in [0.2, 0.25) is 10.0 Å². The standard InChI is InChI=1S/C16H14ClNO5S/c1-18-24(21,22)14-4-2-3-12(9-14)16(20)23-10-15(19)11-5-7-13(17)8-6-11/h2-9,18H,10H2,1H3. The normalized spacial score (nSPS) is 11.1. The van der Waals surface area contributed by atoms with E-state index in [-0.39, 0.29) is 16.2 Å². The Bertz CT molecular complexity index is 862. The zero-order chi connectivity index (χ0) is 17.7. The van der Waals surface area contributed by atoms with Crippen molar-refractivity contribution in [2.75, 3.05) is 13.7 Å². The Balaban J connectivity index is 2.06. The molecule has 126 valence electrons. The number of ketones is 1. The largest absolute Gasteiger partial charge is 0.454 e. The fourth-order valence-electron chi connectivity index (χ4n) is 1.84. The molecule has 8 heteroatoms. The first-order valence-corrected chi connectivity index (χ1v) is 8.69. The maximum Gasteiger partial charge on any atom is 0.338 e. The van der Waals surface area contributed by atoms with E-state index in [2.05, 4.69) is 4.72 Å². The van der Waals surface area contributed by atoms with Crippen LogP contribution in [0.2, 0.25) is 5.02 Å². The summed E-state index contributed by atoms with van der Waals surface area (Å²) < 4.78 is 30.5. The molecule has 0 spiro atoms. The molecule has 0 aromatic heterocycles. The fraction of sp³-hybridized carbons (Fsp3) is 0.125. The van der Waals surface area contributed by atoms with Crippen molar-refractivity contribution in [1.29, 1.82) is 0 Å². The number of nitrogens with one attached hydrogen (secondary N) is 1. The predicted octanol–water partition coefficient (Wildman–Crippen LogP) is 2.29. The molecule has 0 fully saturated rings. The van der Waals surface area contributed by atoms with Gasteiger partial charge in [0.25, 0.3) is 0 Å². The van der Waals surface area contributed by atoms with Gasteiger partial charge in [0.05, 0.1) is 10.5 Å². The molecule has 0 aliphatic carbocycles. The molecule has 0 saturated carbocycles. The zero-order valence-corrected chi connectivity index (χ0v) is 14.2. The van der Waals surface area contributed by atoms with Gasteiger partial charge in [-0.1, -0.05) is 17.7 Å². The van der Waals surface area contributed by atoms with Crippen LogP contribution in [0.4, 0.5) is 0 Å². The minimum absolute atomic E-state index is 0.0373. The summed E-state index contributed by atoms with van der Waals surface area (Å²) in [6.45, 7) is -0.455. The second kappa shape index (κ2) is 7.57. The van der Waals surface area contributed by atoms with Crippen molar-refractivity contribution in [3.05, 3.63) is 64.7 Å². The van der Waals surface area contributed by atoms with Crippen molar-refractivity contribution in [2.45, 2.75) is 4.90 Å². The van der Waals surface area contributed by atoms with Crippen LogP contribution in [0.15, 0.2) is 53.4 Å². The summed E-state index contributed by atoms with van der Waals surface area (Å²) >= 11 is 5.74. The number of benzene rings is 2. The molecule has 0 amide bonds. The van der Waals surface area contributed by atoms with Crippen LogP contribution in [-0.4, -0.2) is 33.8 Å². The lowest BCUT2D eigenvalue weighted by Gasteiger charge is -2.07. The Morgan fingerprint density at radius 1 is 1.08 bits per heavy atom. The molecule has 0 atom stereocenters. The maximum atomic E-state index is 12.0. The molecule has 2 aromatic rings. The van der Waals surface area contributed by atoms with Gasteiger partial charge < -0.3 is 4.74 Å². The first-order valence-electron chi connectivity index (χ1n) is 6.83. The minimum Gasteiger partial charge on any atom is -0.454 e. The monoisotopic (exact) mass is 367 g/mol. The highest BCUT2D eigenvalue weighted by atomic mass is 35.5. The summed E-state index contributed by atoms with van der Waals surface area (Å²) in [6.07, 6.45) is 0. The third kappa shape index (κ3) is 4.41. The molecule has 24 heavy (non-hydrogen) atoms. The SMILES string of the molecule is CNS(=O)(=O)c1cccc(C(=O)OCC(=O)c2ccc(Cl)cc2)c1. The van der Waals surface area contributed by atoms with Crippen LogP contribution in [0.1, 0.15) is 20.7 Å². The number of ether oxygens (including phenoxy) is 1. The molecule has 0 aliphatic heterocycles. The van der Waals surface area contributed by atoms with Gasteiger partial charge in [-0.05, 0) is 49.5 Å². The molecule has 0 radical (unpaired) electrons. The van der Waals surface area contributed by atoms with Crippen molar-refractivity contribution in [1.82, 2.24) is 4.72 Å². The third-order valence-corrected chi connectivity index (χ3v) is 4.81. The first-order chi connectivity index (χ1) is 11.3. The first kappa shape index (κ1) is 18.1. The van der Waals surface area contributed by atoms with Gasteiger partial charge in [0.15, 0.2) is 12.4 Å². The maximum absolute atomic E-state index is 12.0. The van der Waals surface area contributed by atoms with Crippen molar-refractivity contribution < 1.29 is 22.7 Å². The van der Waals surface area contributed by atoms with Gasteiger partial charge in [-0.3, -0.25) is 4.79 Å². The average molecular weight is 368 g/mol. The summed E-state index contributed by atoms with van der Waals surface area (Å²) in [4.78, 5) is 23.9. The van der Waals surface area contributed by atoms with E-state index in [1.807, 2.05) is 0 Å². The van der Waals surface area contributed by atoms with Crippen molar-refractivity contribution in [3.63, 3.8) is 0 Å². The van der Waals surface area contributed by atoms with Crippen molar-refractivity contribution >= 4 is 33.4 Å². The predicted molar refractivity (Wildman–Crippen MR) is 88.8 cm³/mol. The number of Topliss-reactive ketones (excluding diaryl/α,β-unsaturated/α-hetero) is 1. The van der Waals surface area contributed by atoms with Crippen LogP contribution in [0.3, 0.4) is 0 Å². The van der Waals surface area contributed by atoms with Crippen LogP contribution < -0.4 is 4.72 Å². The molecule has 0 bridgehead atoms. The molecule has 6 nitrogen and oxygen atoms in total. The molecule has 0 unspecified atom stereocenters. The topological polar surface area (TPSA) is 89.5 Å². The molecular weight excluding hydrogens is 354 g/mol. The quantitative estimate of drug-likeness (QED) is 0.625. The van der Waals surface area contributed by atoms with Gasteiger partial charge >= 0.3 is 5.97 Å². The third-order valence-electron chi connectivity index (χ3n) is 3.15. The summed E-state index contributed by atoms with van der Waals surface area (Å²) in [5.74, 6) is -1.18. The Labute approximate surface area is 144 Å². The van der Waals surface area contributed by atoms with E-state index in [0.717, 1.165) is 0 Å². The van der Waals surface area contributed by atoms with E-state index in [0.29, 0.717) is 10.6 Å². The number of hydrogen-bond acceptors (Lipinski definition) is 5. The van der Waals surface area contributed by atoms with Gasteiger partial charge in [0.1, 0.15) is 0 Å².